The fraction of sp³-hybridized carbons (Fsp3) is 0.647. The second kappa shape index (κ2) is 7.65. The maximum absolute atomic E-state index is 5.79. The Kier molecular flexibility index (Phi) is 5.82. The summed E-state index contributed by atoms with van der Waals surface area (Å²) in [6.45, 7) is 7.23. The largest absolute Gasteiger partial charge is 0.492 e. The molecule has 2 fully saturated rings. The Bertz CT molecular complexity index is 520. The molecule has 1 saturated heterocycles. The molecule has 1 N–H and O–H groups in total. The van der Waals surface area contributed by atoms with E-state index in [0.29, 0.717) is 6.61 Å². The molecule has 0 aromatic heterocycles. The number of rotatable bonds is 7. The highest BCUT2D eigenvalue weighted by Gasteiger charge is 2.34. The Hall–Kier alpha value is -0.100. The molecule has 1 heterocycles. The third kappa shape index (κ3) is 4.25. The maximum Gasteiger partial charge on any atom is 0.138 e. The highest BCUT2D eigenvalue weighted by molar-refractivity contribution is 9.11. The average molecular weight is 432 g/mol. The van der Waals surface area contributed by atoms with Crippen LogP contribution in [-0.4, -0.2) is 37.2 Å². The summed E-state index contributed by atoms with van der Waals surface area (Å²) in [5, 5.41) is 3.63. The van der Waals surface area contributed by atoms with E-state index in [9.17, 15) is 0 Å². The van der Waals surface area contributed by atoms with Crippen LogP contribution in [0.15, 0.2) is 21.1 Å². The third-order valence-electron chi connectivity index (χ3n) is 4.50. The second-order valence-electron chi connectivity index (χ2n) is 6.32. The van der Waals surface area contributed by atoms with E-state index in [-0.39, 0.29) is 0 Å². The van der Waals surface area contributed by atoms with E-state index in [1.807, 2.05) is 13.0 Å². The van der Waals surface area contributed by atoms with E-state index in [0.717, 1.165) is 39.7 Å². The lowest BCUT2D eigenvalue weighted by Crippen LogP contribution is -2.27. The molecule has 5 heteroatoms. The minimum absolute atomic E-state index is 0.687. The molecule has 22 heavy (non-hydrogen) atoms. The molecule has 3 rings (SSSR count). The zero-order chi connectivity index (χ0) is 15.5. The van der Waals surface area contributed by atoms with Crippen molar-refractivity contribution < 1.29 is 4.74 Å². The van der Waals surface area contributed by atoms with Gasteiger partial charge < -0.3 is 15.0 Å². The van der Waals surface area contributed by atoms with E-state index in [4.69, 9.17) is 4.74 Å². The first kappa shape index (κ1) is 16.7. The summed E-state index contributed by atoms with van der Waals surface area (Å²) in [6.07, 6.45) is 4.18. The van der Waals surface area contributed by atoms with Crippen LogP contribution in [0.2, 0.25) is 0 Å². The summed E-state index contributed by atoms with van der Waals surface area (Å²) in [6, 6.07) is 5.10. The smallest absolute Gasteiger partial charge is 0.138 e. The second-order valence-corrected chi connectivity index (χ2v) is 8.09. The number of hydrogen-bond acceptors (Lipinski definition) is 3. The van der Waals surface area contributed by atoms with E-state index in [1.54, 1.807) is 0 Å². The molecule has 1 aliphatic heterocycles. The molecule has 1 unspecified atom stereocenters. The van der Waals surface area contributed by atoms with Crippen LogP contribution in [0.5, 0.6) is 5.75 Å². The molecule has 0 radical (unpaired) electrons. The molecule has 1 aromatic carbocycles. The highest BCUT2D eigenvalue weighted by atomic mass is 79.9. The van der Waals surface area contributed by atoms with Gasteiger partial charge in [0.25, 0.3) is 0 Å². The lowest BCUT2D eigenvalue weighted by molar-refractivity contribution is 0.311. The Balaban J connectivity index is 1.52. The van der Waals surface area contributed by atoms with Gasteiger partial charge >= 0.3 is 0 Å². The normalized spacial score (nSPS) is 22.2. The minimum Gasteiger partial charge on any atom is -0.492 e. The molecule has 0 spiro atoms. The SMILES string of the molecule is CCOc1c(Br)cc(Br)cc1CNCC1CCN(C2CC2)C1. The Labute approximate surface area is 150 Å². The van der Waals surface area contributed by atoms with Crippen molar-refractivity contribution in [1.82, 2.24) is 10.2 Å². The fourth-order valence-corrected chi connectivity index (χ4v) is 4.69. The van der Waals surface area contributed by atoms with Crippen molar-refractivity contribution in [1.29, 1.82) is 0 Å². The van der Waals surface area contributed by atoms with Crippen LogP contribution < -0.4 is 10.1 Å². The first-order valence-electron chi connectivity index (χ1n) is 8.23. The fourth-order valence-electron chi connectivity index (χ4n) is 3.26. The summed E-state index contributed by atoms with van der Waals surface area (Å²) in [5.41, 5.74) is 1.21. The molecular weight excluding hydrogens is 408 g/mol. The standard InChI is InChI=1S/C17H24Br2N2O/c1-2-22-17-13(7-14(18)8-16(17)19)10-20-9-12-5-6-21(11-12)15-3-4-15/h7-8,12,15,20H,2-6,9-11H2,1H3. The van der Waals surface area contributed by atoms with Crippen LogP contribution >= 0.6 is 31.9 Å². The molecule has 0 bridgehead atoms. The van der Waals surface area contributed by atoms with Crippen LogP contribution in [0, 0.1) is 5.92 Å². The summed E-state index contributed by atoms with van der Waals surface area (Å²) in [5.74, 6) is 1.76. The average Bonchev–Trinajstić information content (AvgIpc) is 3.22. The summed E-state index contributed by atoms with van der Waals surface area (Å²) in [7, 11) is 0. The van der Waals surface area contributed by atoms with Crippen molar-refractivity contribution in [3.63, 3.8) is 0 Å². The quantitative estimate of drug-likeness (QED) is 0.700. The van der Waals surface area contributed by atoms with Crippen molar-refractivity contribution in [2.24, 2.45) is 5.92 Å². The van der Waals surface area contributed by atoms with Gasteiger partial charge in [-0.15, -0.1) is 0 Å². The minimum atomic E-state index is 0.687. The topological polar surface area (TPSA) is 24.5 Å². The van der Waals surface area contributed by atoms with Gasteiger partial charge in [-0.25, -0.2) is 0 Å². The van der Waals surface area contributed by atoms with E-state index in [1.165, 1.54) is 37.9 Å². The number of ether oxygens (including phenoxy) is 1. The molecule has 1 atom stereocenters. The number of likely N-dealkylation sites (tertiary alicyclic amines) is 1. The zero-order valence-corrected chi connectivity index (χ0v) is 16.2. The lowest BCUT2D eigenvalue weighted by atomic mass is 10.1. The number of nitrogens with one attached hydrogen (secondary N) is 1. The van der Waals surface area contributed by atoms with Crippen LogP contribution in [0.1, 0.15) is 31.7 Å². The van der Waals surface area contributed by atoms with Crippen LogP contribution in [0.25, 0.3) is 0 Å². The van der Waals surface area contributed by atoms with Gasteiger partial charge in [-0.2, -0.15) is 0 Å². The summed E-state index contributed by atoms with van der Waals surface area (Å²) < 4.78 is 7.88. The van der Waals surface area contributed by atoms with Gasteiger partial charge in [0.2, 0.25) is 0 Å². The van der Waals surface area contributed by atoms with Gasteiger partial charge in [0.1, 0.15) is 5.75 Å². The van der Waals surface area contributed by atoms with Gasteiger partial charge in [0.05, 0.1) is 11.1 Å². The predicted molar refractivity (Wildman–Crippen MR) is 97.4 cm³/mol. The predicted octanol–water partition coefficient (Wildman–Crippen LogP) is 4.18. The molecular formula is C17H24Br2N2O. The van der Waals surface area contributed by atoms with Crippen molar-refractivity contribution in [3.05, 3.63) is 26.6 Å². The van der Waals surface area contributed by atoms with Crippen molar-refractivity contribution in [2.45, 2.75) is 38.8 Å². The Morgan fingerprint density at radius 3 is 2.82 bits per heavy atom. The third-order valence-corrected chi connectivity index (χ3v) is 5.55. The van der Waals surface area contributed by atoms with Gasteiger partial charge in [0.15, 0.2) is 0 Å². The van der Waals surface area contributed by atoms with Gasteiger partial charge in [-0.3, -0.25) is 0 Å². The molecule has 3 nitrogen and oxygen atoms in total. The van der Waals surface area contributed by atoms with Crippen LogP contribution in [0.3, 0.4) is 0 Å². The number of nitrogens with zero attached hydrogens (tertiary/aromatic N) is 1. The van der Waals surface area contributed by atoms with Crippen molar-refractivity contribution in [2.75, 3.05) is 26.2 Å². The van der Waals surface area contributed by atoms with Gasteiger partial charge in [-0.1, -0.05) is 15.9 Å². The van der Waals surface area contributed by atoms with Crippen molar-refractivity contribution >= 4 is 31.9 Å². The number of hydrogen-bond donors (Lipinski definition) is 1. The van der Waals surface area contributed by atoms with Gasteiger partial charge in [-0.05, 0) is 73.3 Å². The number of halogens is 2. The monoisotopic (exact) mass is 430 g/mol. The Morgan fingerprint density at radius 1 is 1.27 bits per heavy atom. The van der Waals surface area contributed by atoms with Crippen LogP contribution in [-0.2, 0) is 6.54 Å². The first-order valence-corrected chi connectivity index (χ1v) is 9.81. The summed E-state index contributed by atoms with van der Waals surface area (Å²) in [4.78, 5) is 2.67. The highest BCUT2D eigenvalue weighted by Crippen LogP contribution is 2.33. The molecule has 2 aliphatic rings. The molecule has 1 saturated carbocycles. The zero-order valence-electron chi connectivity index (χ0n) is 13.1. The van der Waals surface area contributed by atoms with E-state index < -0.39 is 0 Å². The van der Waals surface area contributed by atoms with E-state index >= 15 is 0 Å². The van der Waals surface area contributed by atoms with Crippen molar-refractivity contribution in [3.8, 4) is 5.75 Å². The molecule has 122 valence electrons. The van der Waals surface area contributed by atoms with Gasteiger partial charge in [0, 0.05) is 29.2 Å². The Morgan fingerprint density at radius 2 is 2.09 bits per heavy atom. The molecule has 1 aliphatic carbocycles. The summed E-state index contributed by atoms with van der Waals surface area (Å²) >= 11 is 7.17. The first-order chi connectivity index (χ1) is 10.7. The lowest BCUT2D eigenvalue weighted by Gasteiger charge is -2.17. The van der Waals surface area contributed by atoms with E-state index in [2.05, 4.69) is 48.1 Å². The molecule has 0 amide bonds. The van der Waals surface area contributed by atoms with Crippen LogP contribution in [0.4, 0.5) is 0 Å². The molecule has 1 aromatic rings. The number of benzene rings is 1. The maximum atomic E-state index is 5.79.